The van der Waals surface area contributed by atoms with E-state index in [1.165, 1.54) is 0 Å². The van der Waals surface area contributed by atoms with Crippen LogP contribution in [0.4, 0.5) is 0 Å². The zero-order valence-electron chi connectivity index (χ0n) is 16.9. The molecule has 1 aliphatic rings. The number of hydrogen-bond donors (Lipinski definition) is 2. The van der Waals surface area contributed by atoms with Gasteiger partial charge in [-0.15, -0.1) is 0 Å². The Morgan fingerprint density at radius 1 is 0.800 bits per heavy atom. The number of pyridine rings is 2. The Bertz CT molecular complexity index is 749. The fourth-order valence-corrected chi connectivity index (χ4v) is 4.27. The number of carboxylic acids is 2. The normalized spacial score (nSPS) is 19.1. The van der Waals surface area contributed by atoms with Gasteiger partial charge in [0.15, 0.2) is 0 Å². The molecule has 1 aliphatic carbocycles. The molecule has 30 heavy (non-hydrogen) atoms. The highest BCUT2D eigenvalue weighted by molar-refractivity contribution is 5.69. The summed E-state index contributed by atoms with van der Waals surface area (Å²) in [4.78, 5) is 35.8. The summed E-state index contributed by atoms with van der Waals surface area (Å²) in [6.07, 6.45) is 7.02. The Morgan fingerprint density at radius 3 is 1.57 bits per heavy atom. The van der Waals surface area contributed by atoms with Gasteiger partial charge in [-0.1, -0.05) is 25.0 Å². The SMILES string of the molecule is O=C(O)CN(Cc1ccccn1)[C@@H]1CCCC[C@H]1N(CC(=O)O)Cc1ccccn1. The molecule has 0 saturated heterocycles. The van der Waals surface area contributed by atoms with E-state index < -0.39 is 11.9 Å². The lowest BCUT2D eigenvalue weighted by Crippen LogP contribution is -2.55. The molecule has 0 spiro atoms. The summed E-state index contributed by atoms with van der Waals surface area (Å²) in [5, 5.41) is 19.0. The molecule has 8 heteroatoms. The predicted molar refractivity (Wildman–Crippen MR) is 111 cm³/mol. The molecule has 1 fully saturated rings. The number of nitrogens with zero attached hydrogens (tertiary/aromatic N) is 4. The lowest BCUT2D eigenvalue weighted by atomic mass is 9.87. The van der Waals surface area contributed by atoms with Gasteiger partial charge < -0.3 is 10.2 Å². The summed E-state index contributed by atoms with van der Waals surface area (Å²) in [5.74, 6) is -1.80. The van der Waals surface area contributed by atoms with Crippen LogP contribution in [-0.4, -0.2) is 67.1 Å². The van der Waals surface area contributed by atoms with Gasteiger partial charge in [0.05, 0.1) is 24.5 Å². The zero-order valence-corrected chi connectivity index (χ0v) is 16.9. The molecule has 1 saturated carbocycles. The van der Waals surface area contributed by atoms with Crippen molar-refractivity contribution >= 4 is 11.9 Å². The summed E-state index contributed by atoms with van der Waals surface area (Å²) in [7, 11) is 0. The van der Waals surface area contributed by atoms with E-state index in [0.717, 1.165) is 37.1 Å². The second-order valence-electron chi connectivity index (χ2n) is 7.66. The van der Waals surface area contributed by atoms with E-state index >= 15 is 0 Å². The van der Waals surface area contributed by atoms with Gasteiger partial charge in [0.1, 0.15) is 0 Å². The van der Waals surface area contributed by atoms with Crippen molar-refractivity contribution < 1.29 is 19.8 Å². The van der Waals surface area contributed by atoms with Crippen molar-refractivity contribution in [2.75, 3.05) is 13.1 Å². The molecule has 3 rings (SSSR count). The zero-order chi connectivity index (χ0) is 21.3. The third kappa shape index (κ3) is 6.33. The van der Waals surface area contributed by atoms with Gasteiger partial charge in [-0.25, -0.2) is 0 Å². The van der Waals surface area contributed by atoms with E-state index in [0.29, 0.717) is 13.1 Å². The van der Waals surface area contributed by atoms with Crippen molar-refractivity contribution in [2.45, 2.75) is 50.9 Å². The molecule has 2 aromatic heterocycles. The first kappa shape index (κ1) is 21.9. The van der Waals surface area contributed by atoms with Crippen LogP contribution >= 0.6 is 0 Å². The summed E-state index contributed by atoms with van der Waals surface area (Å²) in [6.45, 7) is 0.613. The molecule has 2 heterocycles. The topological polar surface area (TPSA) is 107 Å². The van der Waals surface area contributed by atoms with Crippen LogP contribution in [0, 0.1) is 0 Å². The molecular weight excluding hydrogens is 384 g/mol. The van der Waals surface area contributed by atoms with Gasteiger partial charge in [0.2, 0.25) is 0 Å². The average molecular weight is 412 g/mol. The van der Waals surface area contributed by atoms with E-state index in [-0.39, 0.29) is 25.2 Å². The highest BCUT2D eigenvalue weighted by Crippen LogP contribution is 2.29. The van der Waals surface area contributed by atoms with Gasteiger partial charge in [-0.2, -0.15) is 0 Å². The Labute approximate surface area is 176 Å². The number of rotatable bonds is 10. The first-order chi connectivity index (χ1) is 14.5. The monoisotopic (exact) mass is 412 g/mol. The standard InChI is InChI=1S/C22H28N4O4/c27-21(28)15-25(13-17-7-3-5-11-23-17)19-9-1-2-10-20(19)26(16-22(29)30)14-18-8-4-6-12-24-18/h3-8,11-12,19-20H,1-2,9-10,13-16H2,(H,27,28)(H,29,30)/t19-,20-/m1/s1. The van der Waals surface area contributed by atoms with E-state index in [1.54, 1.807) is 12.4 Å². The number of aromatic nitrogens is 2. The fourth-order valence-electron chi connectivity index (χ4n) is 4.27. The molecule has 0 aliphatic heterocycles. The second-order valence-corrected chi connectivity index (χ2v) is 7.66. The minimum absolute atomic E-state index is 0.0695. The maximum Gasteiger partial charge on any atom is 0.317 e. The van der Waals surface area contributed by atoms with Crippen molar-refractivity contribution in [3.63, 3.8) is 0 Å². The lowest BCUT2D eigenvalue weighted by molar-refractivity contribution is -0.143. The van der Waals surface area contributed by atoms with Gasteiger partial charge in [0, 0.05) is 37.6 Å². The summed E-state index contributed by atoms with van der Waals surface area (Å²) in [6, 6.07) is 11.1. The summed E-state index contributed by atoms with van der Waals surface area (Å²) in [5.41, 5.74) is 1.61. The molecule has 0 radical (unpaired) electrons. The Kier molecular flexibility index (Phi) is 7.87. The molecule has 0 aromatic carbocycles. The first-order valence-corrected chi connectivity index (χ1v) is 10.2. The lowest BCUT2D eigenvalue weighted by Gasteiger charge is -2.44. The van der Waals surface area contributed by atoms with Crippen LogP contribution in [0.25, 0.3) is 0 Å². The van der Waals surface area contributed by atoms with Gasteiger partial charge >= 0.3 is 11.9 Å². The minimum Gasteiger partial charge on any atom is -0.480 e. The number of carboxylic acid groups (broad SMARTS) is 2. The average Bonchev–Trinajstić information content (AvgIpc) is 2.74. The first-order valence-electron chi connectivity index (χ1n) is 10.2. The quantitative estimate of drug-likeness (QED) is 0.612. The van der Waals surface area contributed by atoms with E-state index in [4.69, 9.17) is 0 Å². The molecular formula is C22H28N4O4. The van der Waals surface area contributed by atoms with Gasteiger partial charge in [0.25, 0.3) is 0 Å². The molecule has 2 aromatic rings. The molecule has 2 atom stereocenters. The van der Waals surface area contributed by atoms with E-state index in [9.17, 15) is 19.8 Å². The van der Waals surface area contributed by atoms with Crippen molar-refractivity contribution in [2.24, 2.45) is 0 Å². The Hall–Kier alpha value is -2.84. The van der Waals surface area contributed by atoms with E-state index in [2.05, 4.69) is 9.97 Å². The van der Waals surface area contributed by atoms with Crippen LogP contribution in [0.15, 0.2) is 48.8 Å². The maximum absolute atomic E-state index is 11.6. The predicted octanol–water partition coefficient (Wildman–Crippen LogP) is 2.26. The Balaban J connectivity index is 1.85. The van der Waals surface area contributed by atoms with Crippen molar-refractivity contribution in [1.29, 1.82) is 0 Å². The summed E-state index contributed by atoms with van der Waals surface area (Å²) >= 11 is 0. The van der Waals surface area contributed by atoms with Crippen LogP contribution in [0.2, 0.25) is 0 Å². The number of hydrogen-bond acceptors (Lipinski definition) is 6. The molecule has 160 valence electrons. The largest absolute Gasteiger partial charge is 0.480 e. The third-order valence-electron chi connectivity index (χ3n) is 5.49. The van der Waals surface area contributed by atoms with Crippen molar-refractivity contribution in [3.05, 3.63) is 60.2 Å². The van der Waals surface area contributed by atoms with Crippen LogP contribution in [0.1, 0.15) is 37.1 Å². The Morgan fingerprint density at radius 2 is 1.23 bits per heavy atom. The number of aliphatic carboxylic acids is 2. The second kappa shape index (κ2) is 10.8. The van der Waals surface area contributed by atoms with Crippen LogP contribution in [0.5, 0.6) is 0 Å². The minimum atomic E-state index is -0.898. The maximum atomic E-state index is 11.6. The van der Waals surface area contributed by atoms with E-state index in [1.807, 2.05) is 46.2 Å². The van der Waals surface area contributed by atoms with Crippen LogP contribution in [0.3, 0.4) is 0 Å². The highest BCUT2D eigenvalue weighted by Gasteiger charge is 2.36. The number of carbonyl (C=O) groups is 2. The molecule has 8 nitrogen and oxygen atoms in total. The van der Waals surface area contributed by atoms with Gasteiger partial charge in [-0.05, 0) is 37.1 Å². The van der Waals surface area contributed by atoms with Crippen LogP contribution < -0.4 is 0 Å². The van der Waals surface area contributed by atoms with Crippen LogP contribution in [-0.2, 0) is 22.7 Å². The molecule has 2 N–H and O–H groups in total. The van der Waals surface area contributed by atoms with Crippen molar-refractivity contribution in [1.82, 2.24) is 19.8 Å². The highest BCUT2D eigenvalue weighted by atomic mass is 16.4. The third-order valence-corrected chi connectivity index (χ3v) is 5.49. The fraction of sp³-hybridized carbons (Fsp3) is 0.455. The van der Waals surface area contributed by atoms with Gasteiger partial charge in [-0.3, -0.25) is 29.4 Å². The molecule has 0 unspecified atom stereocenters. The smallest absolute Gasteiger partial charge is 0.317 e. The van der Waals surface area contributed by atoms with Crippen molar-refractivity contribution in [3.8, 4) is 0 Å². The summed E-state index contributed by atoms with van der Waals surface area (Å²) < 4.78 is 0. The molecule has 0 bridgehead atoms. The molecule has 0 amide bonds.